The average molecular weight is 439 g/mol. The highest BCUT2D eigenvalue weighted by Gasteiger charge is 2.60. The predicted octanol–water partition coefficient (Wildman–Crippen LogP) is 6.29. The van der Waals surface area contributed by atoms with E-state index >= 15 is 0 Å². The van der Waals surface area contributed by atoms with Gasteiger partial charge >= 0.3 is 6.18 Å². The number of halogens is 3. The van der Waals surface area contributed by atoms with Crippen molar-refractivity contribution in [1.29, 1.82) is 0 Å². The maximum absolute atomic E-state index is 14.7. The van der Waals surface area contributed by atoms with E-state index in [1.165, 1.54) is 0 Å². The molecule has 1 fully saturated rings. The molecule has 168 valence electrons. The van der Waals surface area contributed by atoms with Crippen molar-refractivity contribution in [3.8, 4) is 0 Å². The Kier molecular flexibility index (Phi) is 6.97. The topological polar surface area (TPSA) is 6.48 Å². The van der Waals surface area contributed by atoms with Gasteiger partial charge in [0.1, 0.15) is 5.54 Å². The quantitative estimate of drug-likeness (QED) is 0.408. The fourth-order valence-electron chi connectivity index (χ4n) is 4.78. The summed E-state index contributed by atoms with van der Waals surface area (Å²) in [6, 6.07) is 29.0. The minimum absolute atomic E-state index is 0.0485. The summed E-state index contributed by atoms with van der Waals surface area (Å²) in [7, 11) is 0. The third kappa shape index (κ3) is 5.22. The summed E-state index contributed by atoms with van der Waals surface area (Å²) in [6.07, 6.45) is -3.63. The molecule has 0 aliphatic carbocycles. The van der Waals surface area contributed by atoms with E-state index in [1.54, 1.807) is 4.90 Å². The van der Waals surface area contributed by atoms with Crippen LogP contribution >= 0.6 is 0 Å². The van der Waals surface area contributed by atoms with Crippen LogP contribution in [0.25, 0.3) is 0 Å². The second-order valence-electron chi connectivity index (χ2n) is 8.66. The lowest BCUT2D eigenvalue weighted by Gasteiger charge is -2.43. The number of rotatable bonds is 8. The summed E-state index contributed by atoms with van der Waals surface area (Å²) < 4.78 is 44.2. The van der Waals surface area contributed by atoms with E-state index in [2.05, 4.69) is 0 Å². The molecule has 1 aliphatic heterocycles. The van der Waals surface area contributed by atoms with Gasteiger partial charge in [0, 0.05) is 26.2 Å². The first-order chi connectivity index (χ1) is 15.5. The summed E-state index contributed by atoms with van der Waals surface area (Å²) in [5, 5.41) is 0. The van der Waals surface area contributed by atoms with Gasteiger partial charge in [-0.2, -0.15) is 13.2 Å². The van der Waals surface area contributed by atoms with Gasteiger partial charge in [-0.05, 0) is 36.1 Å². The van der Waals surface area contributed by atoms with E-state index in [4.69, 9.17) is 0 Å². The highest BCUT2D eigenvalue weighted by atomic mass is 19.4. The lowest BCUT2D eigenvalue weighted by atomic mass is 9.93. The normalized spacial score (nSPS) is 19.5. The monoisotopic (exact) mass is 438 g/mol. The first kappa shape index (κ1) is 22.6. The Morgan fingerprint density at radius 3 is 1.66 bits per heavy atom. The highest BCUT2D eigenvalue weighted by molar-refractivity contribution is 5.19. The molecule has 1 unspecified atom stereocenters. The molecule has 0 N–H and O–H groups in total. The van der Waals surface area contributed by atoms with E-state index in [0.717, 1.165) is 16.7 Å². The van der Waals surface area contributed by atoms with Crippen LogP contribution < -0.4 is 0 Å². The van der Waals surface area contributed by atoms with E-state index in [9.17, 15) is 13.2 Å². The van der Waals surface area contributed by atoms with E-state index in [1.807, 2.05) is 95.9 Å². The average Bonchev–Trinajstić information content (AvgIpc) is 3.19. The first-order valence-electron chi connectivity index (χ1n) is 11.1. The van der Waals surface area contributed by atoms with Gasteiger partial charge in [-0.15, -0.1) is 0 Å². The summed E-state index contributed by atoms with van der Waals surface area (Å²) in [6.45, 7) is 1.68. The van der Waals surface area contributed by atoms with Gasteiger partial charge in [-0.25, -0.2) is 0 Å². The van der Waals surface area contributed by atoms with Crippen molar-refractivity contribution in [2.45, 2.75) is 44.2 Å². The zero-order valence-corrected chi connectivity index (χ0v) is 18.1. The zero-order valence-electron chi connectivity index (χ0n) is 18.1. The van der Waals surface area contributed by atoms with Crippen LogP contribution in [0.4, 0.5) is 13.2 Å². The number of benzene rings is 3. The minimum Gasteiger partial charge on any atom is -0.293 e. The molecule has 3 aromatic rings. The molecular formula is C27H29F3N2. The van der Waals surface area contributed by atoms with Crippen molar-refractivity contribution in [2.75, 3.05) is 13.1 Å². The molecule has 0 radical (unpaired) electrons. The summed E-state index contributed by atoms with van der Waals surface area (Å²) in [5.74, 6) is 0. The minimum atomic E-state index is -4.32. The molecule has 1 atom stereocenters. The summed E-state index contributed by atoms with van der Waals surface area (Å²) >= 11 is 0. The third-order valence-electron chi connectivity index (χ3n) is 6.35. The van der Waals surface area contributed by atoms with Crippen LogP contribution in [0.2, 0.25) is 0 Å². The number of hydrogen-bond acceptors (Lipinski definition) is 2. The molecule has 3 aromatic carbocycles. The van der Waals surface area contributed by atoms with Gasteiger partial charge in [0.25, 0.3) is 0 Å². The lowest BCUT2D eigenvalue weighted by Crippen LogP contribution is -2.60. The Bertz CT molecular complexity index is 919. The van der Waals surface area contributed by atoms with Gasteiger partial charge in [-0.1, -0.05) is 91.0 Å². The zero-order chi connectivity index (χ0) is 22.4. The molecule has 1 aliphatic rings. The lowest BCUT2D eigenvalue weighted by molar-refractivity contribution is -0.231. The molecule has 2 nitrogen and oxygen atoms in total. The summed E-state index contributed by atoms with van der Waals surface area (Å²) in [4.78, 5) is 3.62. The standard InChI is InChI=1S/C27H29F3N2/c28-27(29,30)26(17-10-18-32(26)21-25-15-8-3-9-16-25)22-31(19-23-11-4-1-5-12-23)20-24-13-6-2-7-14-24/h1-9,11-16H,10,17-22H2. The van der Waals surface area contributed by atoms with Gasteiger partial charge in [0.05, 0.1) is 0 Å². The van der Waals surface area contributed by atoms with E-state index < -0.39 is 11.7 Å². The van der Waals surface area contributed by atoms with Crippen LogP contribution in [0.15, 0.2) is 91.0 Å². The number of alkyl halides is 3. The molecule has 0 amide bonds. The van der Waals surface area contributed by atoms with E-state index in [0.29, 0.717) is 32.6 Å². The molecule has 1 heterocycles. The van der Waals surface area contributed by atoms with Crippen LogP contribution in [0, 0.1) is 0 Å². The maximum Gasteiger partial charge on any atom is 0.408 e. The fourth-order valence-corrected chi connectivity index (χ4v) is 4.78. The molecular weight excluding hydrogens is 409 g/mol. The maximum atomic E-state index is 14.7. The Hall–Kier alpha value is -2.63. The van der Waals surface area contributed by atoms with Crippen LogP contribution in [0.5, 0.6) is 0 Å². The second kappa shape index (κ2) is 9.88. The van der Waals surface area contributed by atoms with Crippen molar-refractivity contribution in [1.82, 2.24) is 9.80 Å². The van der Waals surface area contributed by atoms with Gasteiger partial charge < -0.3 is 0 Å². The number of hydrogen-bond donors (Lipinski definition) is 0. The molecule has 0 spiro atoms. The summed E-state index contributed by atoms with van der Waals surface area (Å²) in [5.41, 5.74) is 1.11. The largest absolute Gasteiger partial charge is 0.408 e. The van der Waals surface area contributed by atoms with Crippen LogP contribution in [-0.2, 0) is 19.6 Å². The van der Waals surface area contributed by atoms with E-state index in [-0.39, 0.29) is 13.0 Å². The first-order valence-corrected chi connectivity index (χ1v) is 11.1. The fraction of sp³-hybridized carbons (Fsp3) is 0.333. The molecule has 1 saturated heterocycles. The SMILES string of the molecule is FC(F)(F)C1(CN(Cc2ccccc2)Cc2ccccc2)CCCN1Cc1ccccc1. The molecule has 0 aromatic heterocycles. The Morgan fingerprint density at radius 2 is 1.19 bits per heavy atom. The number of nitrogens with zero attached hydrogens (tertiary/aromatic N) is 2. The molecule has 5 heteroatoms. The van der Waals surface area contributed by atoms with Crippen molar-refractivity contribution in [3.05, 3.63) is 108 Å². The predicted molar refractivity (Wildman–Crippen MR) is 122 cm³/mol. The molecule has 32 heavy (non-hydrogen) atoms. The van der Waals surface area contributed by atoms with Crippen molar-refractivity contribution >= 4 is 0 Å². The Morgan fingerprint density at radius 1 is 0.719 bits per heavy atom. The number of likely N-dealkylation sites (tertiary alicyclic amines) is 1. The van der Waals surface area contributed by atoms with Crippen LogP contribution in [0.3, 0.4) is 0 Å². The van der Waals surface area contributed by atoms with Crippen molar-refractivity contribution in [2.24, 2.45) is 0 Å². The second-order valence-corrected chi connectivity index (χ2v) is 8.66. The van der Waals surface area contributed by atoms with Crippen LogP contribution in [0.1, 0.15) is 29.5 Å². The van der Waals surface area contributed by atoms with Gasteiger partial charge in [0.15, 0.2) is 0 Å². The molecule has 0 saturated carbocycles. The molecule has 4 rings (SSSR count). The third-order valence-corrected chi connectivity index (χ3v) is 6.35. The van der Waals surface area contributed by atoms with Gasteiger partial charge in [-0.3, -0.25) is 9.80 Å². The highest BCUT2D eigenvalue weighted by Crippen LogP contribution is 2.45. The Labute approximate surface area is 188 Å². The van der Waals surface area contributed by atoms with Crippen molar-refractivity contribution in [3.63, 3.8) is 0 Å². The molecule has 0 bridgehead atoms. The van der Waals surface area contributed by atoms with Crippen LogP contribution in [-0.4, -0.2) is 34.6 Å². The van der Waals surface area contributed by atoms with Gasteiger partial charge in [0.2, 0.25) is 0 Å². The Balaban J connectivity index is 1.63. The van der Waals surface area contributed by atoms with Crippen molar-refractivity contribution < 1.29 is 13.2 Å². The smallest absolute Gasteiger partial charge is 0.293 e.